The van der Waals surface area contributed by atoms with E-state index in [4.69, 9.17) is 14.6 Å². The fourth-order valence-corrected chi connectivity index (χ4v) is 3.32. The Morgan fingerprint density at radius 1 is 1.19 bits per heavy atom. The molecule has 2 aliphatic heterocycles. The number of amides is 1. The van der Waals surface area contributed by atoms with Crippen molar-refractivity contribution < 1.29 is 23.8 Å². The van der Waals surface area contributed by atoms with Gasteiger partial charge in [0, 0.05) is 19.6 Å². The zero-order chi connectivity index (χ0) is 19.2. The lowest BCUT2D eigenvalue weighted by atomic mass is 9.88. The molecule has 6 nitrogen and oxygen atoms in total. The average Bonchev–Trinajstić information content (AvgIpc) is 2.65. The number of halogens is 1. The van der Waals surface area contributed by atoms with Gasteiger partial charge < -0.3 is 15.2 Å². The molecule has 0 aromatic heterocycles. The quantitative estimate of drug-likeness (QED) is 0.793. The zero-order valence-corrected chi connectivity index (χ0v) is 14.7. The predicted molar refractivity (Wildman–Crippen MR) is 96.9 cm³/mol. The molecule has 7 heteroatoms. The standard InChI is InChI=1S/C19H19FN2O2.CH2O2/c20-15-7-5-14(6-8-15)18-17-4-2-1-3-13(17)9-10-22(18)19(23)24-16-11-21-12-16;2-1-3/h1-8,16,18,21H,9-12H2;1H,(H,2,3)/t18-;/m0./s1. The Balaban J connectivity index is 0.000000659. The van der Waals surface area contributed by atoms with Gasteiger partial charge >= 0.3 is 6.09 Å². The van der Waals surface area contributed by atoms with Crippen LogP contribution >= 0.6 is 0 Å². The minimum absolute atomic E-state index is 0.0523. The number of fused-ring (bicyclic) bond motifs is 1. The van der Waals surface area contributed by atoms with Crippen LogP contribution in [0.4, 0.5) is 9.18 Å². The van der Waals surface area contributed by atoms with Gasteiger partial charge in [-0.2, -0.15) is 0 Å². The Bertz CT molecular complexity index is 793. The van der Waals surface area contributed by atoms with E-state index in [-0.39, 0.29) is 30.5 Å². The highest BCUT2D eigenvalue weighted by molar-refractivity contribution is 5.70. The summed E-state index contributed by atoms with van der Waals surface area (Å²) in [6.45, 7) is 1.76. The highest BCUT2D eigenvalue weighted by Crippen LogP contribution is 2.35. The molecular formula is C20H21FN2O4. The van der Waals surface area contributed by atoms with Crippen molar-refractivity contribution in [3.05, 3.63) is 71.0 Å². The van der Waals surface area contributed by atoms with Crippen LogP contribution in [0.5, 0.6) is 0 Å². The van der Waals surface area contributed by atoms with E-state index < -0.39 is 0 Å². The van der Waals surface area contributed by atoms with Gasteiger partial charge in [0.1, 0.15) is 11.9 Å². The van der Waals surface area contributed by atoms with Crippen molar-refractivity contribution in [2.45, 2.75) is 18.6 Å². The van der Waals surface area contributed by atoms with Gasteiger partial charge in [0.05, 0.1) is 6.04 Å². The molecule has 0 saturated carbocycles. The van der Waals surface area contributed by atoms with Crippen LogP contribution in [-0.2, 0) is 16.0 Å². The van der Waals surface area contributed by atoms with Gasteiger partial charge in [-0.1, -0.05) is 36.4 Å². The minimum atomic E-state index is -0.301. The molecule has 1 atom stereocenters. The average molecular weight is 372 g/mol. The summed E-state index contributed by atoms with van der Waals surface area (Å²) < 4.78 is 18.9. The largest absolute Gasteiger partial charge is 0.483 e. The number of hydrogen-bond donors (Lipinski definition) is 2. The van der Waals surface area contributed by atoms with E-state index in [0.29, 0.717) is 19.6 Å². The van der Waals surface area contributed by atoms with Gasteiger partial charge in [-0.3, -0.25) is 9.69 Å². The predicted octanol–water partition coefficient (Wildman–Crippen LogP) is 2.58. The van der Waals surface area contributed by atoms with Crippen LogP contribution in [0.15, 0.2) is 48.5 Å². The maximum absolute atomic E-state index is 13.3. The first-order valence-corrected chi connectivity index (χ1v) is 8.73. The third-order valence-electron chi connectivity index (χ3n) is 4.72. The SMILES string of the molecule is O=C(OC1CNC1)N1CCc2ccccc2[C@@H]1c1ccc(F)cc1.O=CO. The van der Waals surface area contributed by atoms with Gasteiger partial charge in [-0.25, -0.2) is 9.18 Å². The normalized spacial score (nSPS) is 18.4. The van der Waals surface area contributed by atoms with Crippen molar-refractivity contribution >= 4 is 12.6 Å². The number of rotatable bonds is 2. The summed E-state index contributed by atoms with van der Waals surface area (Å²) in [5.41, 5.74) is 3.20. The number of ether oxygens (including phenoxy) is 1. The van der Waals surface area contributed by atoms with Crippen molar-refractivity contribution in [3.8, 4) is 0 Å². The van der Waals surface area contributed by atoms with Gasteiger partial charge in [0.2, 0.25) is 0 Å². The molecule has 1 fully saturated rings. The molecule has 1 amide bonds. The lowest BCUT2D eigenvalue weighted by Gasteiger charge is -2.38. The first-order chi connectivity index (χ1) is 13.1. The number of carbonyl (C=O) groups is 2. The second-order valence-electron chi connectivity index (χ2n) is 6.37. The molecule has 142 valence electrons. The van der Waals surface area contributed by atoms with E-state index >= 15 is 0 Å². The second-order valence-corrected chi connectivity index (χ2v) is 6.37. The number of carbonyl (C=O) groups excluding carboxylic acids is 1. The molecule has 0 radical (unpaired) electrons. The van der Waals surface area contributed by atoms with E-state index in [9.17, 15) is 9.18 Å². The summed E-state index contributed by atoms with van der Waals surface area (Å²) in [6, 6.07) is 14.2. The Morgan fingerprint density at radius 2 is 1.85 bits per heavy atom. The molecule has 2 aromatic rings. The minimum Gasteiger partial charge on any atom is -0.483 e. The molecule has 0 bridgehead atoms. The van der Waals surface area contributed by atoms with Crippen molar-refractivity contribution in [3.63, 3.8) is 0 Å². The van der Waals surface area contributed by atoms with E-state index in [1.54, 1.807) is 17.0 Å². The maximum Gasteiger partial charge on any atom is 0.410 e. The van der Waals surface area contributed by atoms with Crippen molar-refractivity contribution in [1.29, 1.82) is 0 Å². The third-order valence-corrected chi connectivity index (χ3v) is 4.72. The van der Waals surface area contributed by atoms with Crippen LogP contribution in [0.2, 0.25) is 0 Å². The van der Waals surface area contributed by atoms with Crippen molar-refractivity contribution in [2.24, 2.45) is 0 Å². The Hall–Kier alpha value is -2.93. The summed E-state index contributed by atoms with van der Waals surface area (Å²) >= 11 is 0. The molecule has 27 heavy (non-hydrogen) atoms. The summed E-state index contributed by atoms with van der Waals surface area (Å²) in [5.74, 6) is -0.280. The molecule has 0 spiro atoms. The van der Waals surface area contributed by atoms with Crippen LogP contribution in [0.25, 0.3) is 0 Å². The van der Waals surface area contributed by atoms with E-state index in [0.717, 1.165) is 17.5 Å². The Morgan fingerprint density at radius 3 is 2.48 bits per heavy atom. The lowest BCUT2D eigenvalue weighted by Crippen LogP contribution is -2.52. The van der Waals surface area contributed by atoms with E-state index in [1.165, 1.54) is 17.7 Å². The van der Waals surface area contributed by atoms with Gasteiger partial charge in [0.15, 0.2) is 0 Å². The summed E-state index contributed by atoms with van der Waals surface area (Å²) in [5, 5.41) is 9.99. The fraction of sp³-hybridized carbons (Fsp3) is 0.300. The number of carboxylic acid groups (broad SMARTS) is 1. The van der Waals surface area contributed by atoms with E-state index in [2.05, 4.69) is 11.4 Å². The van der Waals surface area contributed by atoms with E-state index in [1.807, 2.05) is 18.2 Å². The Labute approximate surface area is 156 Å². The van der Waals surface area contributed by atoms with Gasteiger partial charge in [0.25, 0.3) is 6.47 Å². The Kier molecular flexibility index (Phi) is 6.03. The first-order valence-electron chi connectivity index (χ1n) is 8.73. The molecule has 2 aromatic carbocycles. The molecule has 1 saturated heterocycles. The van der Waals surface area contributed by atoms with Crippen LogP contribution in [-0.4, -0.2) is 48.3 Å². The number of nitrogens with zero attached hydrogens (tertiary/aromatic N) is 1. The molecule has 2 aliphatic rings. The highest BCUT2D eigenvalue weighted by atomic mass is 19.1. The van der Waals surface area contributed by atoms with Crippen LogP contribution in [0.3, 0.4) is 0 Å². The smallest absolute Gasteiger partial charge is 0.410 e. The maximum atomic E-state index is 13.3. The first kappa shape index (κ1) is 18.8. The third kappa shape index (κ3) is 4.25. The fourth-order valence-electron chi connectivity index (χ4n) is 3.32. The topological polar surface area (TPSA) is 78.9 Å². The molecular weight excluding hydrogens is 351 g/mol. The van der Waals surface area contributed by atoms with Crippen LogP contribution < -0.4 is 5.32 Å². The molecule has 2 heterocycles. The van der Waals surface area contributed by atoms with Gasteiger partial charge in [-0.15, -0.1) is 0 Å². The number of benzene rings is 2. The number of hydrogen-bond acceptors (Lipinski definition) is 4. The molecule has 0 aliphatic carbocycles. The summed E-state index contributed by atoms with van der Waals surface area (Å²) in [7, 11) is 0. The van der Waals surface area contributed by atoms with Crippen molar-refractivity contribution in [2.75, 3.05) is 19.6 Å². The zero-order valence-electron chi connectivity index (χ0n) is 14.7. The summed E-state index contributed by atoms with van der Waals surface area (Å²) in [4.78, 5) is 22.8. The molecule has 4 rings (SSSR count). The monoisotopic (exact) mass is 372 g/mol. The van der Waals surface area contributed by atoms with Crippen molar-refractivity contribution in [1.82, 2.24) is 10.2 Å². The summed E-state index contributed by atoms with van der Waals surface area (Å²) in [6.07, 6.45) is 0.445. The number of nitrogens with one attached hydrogen (secondary N) is 1. The van der Waals surface area contributed by atoms with Crippen LogP contribution in [0, 0.1) is 5.82 Å². The van der Waals surface area contributed by atoms with Crippen LogP contribution in [0.1, 0.15) is 22.7 Å². The highest BCUT2D eigenvalue weighted by Gasteiger charge is 2.34. The van der Waals surface area contributed by atoms with Gasteiger partial charge in [-0.05, 0) is 35.2 Å². The molecule has 2 N–H and O–H groups in total. The second kappa shape index (κ2) is 8.64. The lowest BCUT2D eigenvalue weighted by molar-refractivity contribution is -0.122. The molecule has 0 unspecified atom stereocenters.